The number of hydrogen-bond acceptors (Lipinski definition) is 2. The van der Waals surface area contributed by atoms with Crippen LogP contribution >= 0.6 is 0 Å². The number of aryl methyl sites for hydroxylation is 4. The second-order valence-corrected chi connectivity index (χ2v) is 22.2. The lowest BCUT2D eigenvalue weighted by Gasteiger charge is -2.41. The highest BCUT2D eigenvalue weighted by Crippen LogP contribution is 2.62. The van der Waals surface area contributed by atoms with Crippen LogP contribution in [-0.2, 0) is 17.3 Å². The van der Waals surface area contributed by atoms with Gasteiger partial charge < -0.3 is 10.2 Å². The van der Waals surface area contributed by atoms with Gasteiger partial charge in [-0.1, -0.05) is 214 Å². The van der Waals surface area contributed by atoms with Crippen molar-refractivity contribution in [2.75, 3.05) is 10.2 Å². The number of nitrogens with zero attached hydrogens (tertiary/aromatic N) is 1. The normalized spacial score (nSPS) is 13.9. The zero-order valence-electron chi connectivity index (χ0n) is 43.5. The molecule has 357 valence electrons. The molecule has 13 rings (SSSR count). The van der Waals surface area contributed by atoms with Crippen molar-refractivity contribution in [1.82, 2.24) is 0 Å². The molecule has 10 aromatic rings. The first-order valence-electron chi connectivity index (χ1n) is 26.4. The average molecular weight is 952 g/mol. The smallest absolute Gasteiger partial charge is 0.197 e. The summed E-state index contributed by atoms with van der Waals surface area (Å²) in [5.41, 5.74) is 30.7. The molecule has 1 aliphatic carbocycles. The molecule has 1 unspecified atom stereocenters. The first-order chi connectivity index (χ1) is 36.0. The fourth-order valence-electron chi connectivity index (χ4n) is 13.2. The number of nitrogens with one attached hydrogen (secondary N) is 1. The van der Waals surface area contributed by atoms with Crippen LogP contribution in [0, 0.1) is 27.7 Å². The van der Waals surface area contributed by atoms with Crippen LogP contribution in [0.5, 0.6) is 0 Å². The van der Waals surface area contributed by atoms with Crippen molar-refractivity contribution in [3.63, 3.8) is 0 Å². The van der Waals surface area contributed by atoms with Gasteiger partial charge in [0.1, 0.15) is 0 Å². The highest BCUT2D eigenvalue weighted by Gasteiger charge is 2.50. The molecular formula is C71H60BN2. The predicted molar refractivity (Wildman–Crippen MR) is 314 cm³/mol. The molecule has 0 saturated carbocycles. The van der Waals surface area contributed by atoms with Crippen molar-refractivity contribution in [3.8, 4) is 33.4 Å². The third-order valence-electron chi connectivity index (χ3n) is 16.5. The van der Waals surface area contributed by atoms with Crippen molar-refractivity contribution in [3.05, 3.63) is 279 Å². The summed E-state index contributed by atoms with van der Waals surface area (Å²) < 4.78 is 0. The van der Waals surface area contributed by atoms with Crippen molar-refractivity contribution >= 4 is 46.6 Å². The van der Waals surface area contributed by atoms with Crippen LogP contribution in [0.2, 0.25) is 0 Å². The summed E-state index contributed by atoms with van der Waals surface area (Å²) in [4.78, 5) is 2.61. The number of rotatable bonds is 7. The van der Waals surface area contributed by atoms with Gasteiger partial charge in [-0.25, -0.2) is 0 Å². The Bertz CT molecular complexity index is 3790. The summed E-state index contributed by atoms with van der Waals surface area (Å²) in [6.07, 6.45) is 0.898. The maximum absolute atomic E-state index is 4.14. The monoisotopic (exact) mass is 951 g/mol. The van der Waals surface area contributed by atoms with Crippen LogP contribution in [0.4, 0.5) is 28.4 Å². The lowest BCUT2D eigenvalue weighted by molar-refractivity contribution is 0.590. The van der Waals surface area contributed by atoms with E-state index in [1.54, 1.807) is 0 Å². The molecule has 0 aromatic heterocycles. The second kappa shape index (κ2) is 17.5. The molecule has 0 amide bonds. The summed E-state index contributed by atoms with van der Waals surface area (Å²) in [6, 6.07) is 80.5. The van der Waals surface area contributed by atoms with E-state index < -0.39 is 5.41 Å². The Morgan fingerprint density at radius 3 is 1.80 bits per heavy atom. The largest absolute Gasteiger partial charge is 0.354 e. The molecule has 74 heavy (non-hydrogen) atoms. The molecule has 3 heteroatoms. The molecule has 0 fully saturated rings. The minimum absolute atomic E-state index is 0.00114. The number of fused-ring (bicyclic) bond motifs is 11. The van der Waals surface area contributed by atoms with E-state index in [1.165, 1.54) is 128 Å². The van der Waals surface area contributed by atoms with E-state index in [2.05, 4.69) is 278 Å². The Labute approximate surface area is 438 Å². The first kappa shape index (κ1) is 45.7. The molecule has 1 spiro atoms. The highest BCUT2D eigenvalue weighted by molar-refractivity contribution is 6.73. The van der Waals surface area contributed by atoms with Crippen molar-refractivity contribution < 1.29 is 0 Å². The molecule has 1 N–H and O–H groups in total. The Morgan fingerprint density at radius 2 is 1.11 bits per heavy atom. The van der Waals surface area contributed by atoms with Gasteiger partial charge in [-0.2, -0.15) is 0 Å². The van der Waals surface area contributed by atoms with Gasteiger partial charge in [0.15, 0.2) is 7.28 Å². The van der Waals surface area contributed by atoms with Crippen LogP contribution in [-0.4, -0.2) is 7.28 Å². The van der Waals surface area contributed by atoms with Gasteiger partial charge in [-0.3, -0.25) is 0 Å². The molecule has 0 bridgehead atoms. The Morgan fingerprint density at radius 1 is 0.486 bits per heavy atom. The fourth-order valence-corrected chi connectivity index (χ4v) is 13.2. The number of hydrogen-bond donors (Lipinski definition) is 1. The van der Waals surface area contributed by atoms with E-state index in [9.17, 15) is 0 Å². The van der Waals surface area contributed by atoms with E-state index in [-0.39, 0.29) is 11.3 Å². The van der Waals surface area contributed by atoms with E-state index in [1.807, 2.05) is 0 Å². The van der Waals surface area contributed by atoms with Gasteiger partial charge in [0.2, 0.25) is 0 Å². The zero-order chi connectivity index (χ0) is 50.5. The summed E-state index contributed by atoms with van der Waals surface area (Å²) in [7, 11) is 2.48. The highest BCUT2D eigenvalue weighted by atomic mass is 15.2. The lowest BCUT2D eigenvalue weighted by atomic mass is 9.57. The lowest BCUT2D eigenvalue weighted by Crippen LogP contribution is -2.41. The van der Waals surface area contributed by atoms with Crippen LogP contribution in [0.25, 0.3) is 33.4 Å². The van der Waals surface area contributed by atoms with Gasteiger partial charge in [0, 0.05) is 34.2 Å². The Hall–Kier alpha value is -8.14. The minimum Gasteiger partial charge on any atom is -0.354 e. The first-order valence-corrected chi connectivity index (χ1v) is 26.4. The van der Waals surface area contributed by atoms with Crippen LogP contribution in [0.1, 0.15) is 93.5 Å². The Kier molecular flexibility index (Phi) is 10.8. The van der Waals surface area contributed by atoms with E-state index >= 15 is 0 Å². The molecule has 2 aliphatic heterocycles. The van der Waals surface area contributed by atoms with Crippen LogP contribution in [0.15, 0.2) is 212 Å². The SMILES string of the molecule is Cc1cc(C)c(-c2cc(-c3cccc4c3Nc3ccccc3C43c4ccccc4-c4ccccc43)c3c(c2)N(c2ccc(C(C)(C)C)cc2C)c2cc(C(Cc4ccccc4)c4ccccc4)ccc2[B]3)c(C)c1. The van der Waals surface area contributed by atoms with Crippen molar-refractivity contribution in [1.29, 1.82) is 0 Å². The molecule has 2 heterocycles. The quantitative estimate of drug-likeness (QED) is 0.160. The summed E-state index contributed by atoms with van der Waals surface area (Å²) in [6.45, 7) is 16.0. The zero-order valence-corrected chi connectivity index (χ0v) is 43.5. The molecule has 10 aromatic carbocycles. The number of benzene rings is 10. The minimum atomic E-state index is -0.526. The molecule has 1 atom stereocenters. The van der Waals surface area contributed by atoms with Crippen LogP contribution in [0.3, 0.4) is 0 Å². The standard InChI is InChI=1S/C71H60BN2/c1-44-37-46(3)67(47(4)38-44)51-41-57(55-27-20-31-61-69(55)73-63-32-19-18-30-60(63)71(61)58-28-16-14-25-53(58)54-26-15-17-29-59(54)71)68-66(43-51)74(64-36-34-52(39-45(64)2)70(5,6)7)65-42-50(33-35-62(65)72-68)56(49-23-12-9-13-24-49)40-48-21-10-8-11-22-48/h8-39,41-43,56,73H,40H2,1-7H3. The van der Waals surface area contributed by atoms with Gasteiger partial charge in [-0.15, -0.1) is 0 Å². The topological polar surface area (TPSA) is 15.3 Å². The predicted octanol–water partition coefficient (Wildman–Crippen LogP) is 16.8. The molecule has 0 saturated heterocycles. The molecule has 3 aliphatic rings. The fraction of sp³-hybridized carbons (Fsp3) is 0.155. The third kappa shape index (κ3) is 7.23. The Balaban J connectivity index is 1.10. The summed E-state index contributed by atoms with van der Waals surface area (Å²) >= 11 is 0. The van der Waals surface area contributed by atoms with Gasteiger partial charge >= 0.3 is 0 Å². The van der Waals surface area contributed by atoms with E-state index in [0.717, 1.165) is 17.8 Å². The van der Waals surface area contributed by atoms with Gasteiger partial charge in [0.05, 0.1) is 11.1 Å². The van der Waals surface area contributed by atoms with E-state index in [0.29, 0.717) is 0 Å². The number of anilines is 5. The van der Waals surface area contributed by atoms with Crippen LogP contribution < -0.4 is 21.1 Å². The average Bonchev–Trinajstić information content (AvgIpc) is 3.80. The molecular weight excluding hydrogens is 892 g/mol. The van der Waals surface area contributed by atoms with E-state index in [4.69, 9.17) is 0 Å². The maximum Gasteiger partial charge on any atom is 0.197 e. The van der Waals surface area contributed by atoms with Crippen molar-refractivity contribution in [2.24, 2.45) is 0 Å². The van der Waals surface area contributed by atoms with Gasteiger partial charge in [0.25, 0.3) is 0 Å². The summed E-state index contributed by atoms with van der Waals surface area (Å²) in [5, 5.41) is 4.14. The maximum atomic E-state index is 4.14. The molecule has 2 nitrogen and oxygen atoms in total. The van der Waals surface area contributed by atoms with Crippen molar-refractivity contribution in [2.45, 2.75) is 71.6 Å². The van der Waals surface area contributed by atoms with Gasteiger partial charge in [-0.05, 0) is 164 Å². The third-order valence-corrected chi connectivity index (χ3v) is 16.5. The number of para-hydroxylation sites is 2. The summed E-state index contributed by atoms with van der Waals surface area (Å²) in [5.74, 6) is 0.152. The molecule has 1 radical (unpaired) electrons. The second-order valence-electron chi connectivity index (χ2n) is 22.2.